The van der Waals surface area contributed by atoms with Crippen LogP contribution in [0, 0.1) is 11.6 Å². The van der Waals surface area contributed by atoms with Gasteiger partial charge in [0.05, 0.1) is 11.9 Å². The van der Waals surface area contributed by atoms with Gasteiger partial charge in [-0.25, -0.2) is 17.2 Å². The zero-order valence-corrected chi connectivity index (χ0v) is 17.6. The van der Waals surface area contributed by atoms with Crippen LogP contribution in [0.4, 0.5) is 14.5 Å². The lowest BCUT2D eigenvalue weighted by Gasteiger charge is -2.22. The third-order valence-electron chi connectivity index (χ3n) is 4.96. The molecule has 9 heteroatoms. The third-order valence-corrected chi connectivity index (χ3v) is 6.11. The molecule has 2 aromatic carbocycles. The van der Waals surface area contributed by atoms with Crippen LogP contribution in [0.1, 0.15) is 24.0 Å². The number of rotatable bonds is 8. The number of hydrogen-bond acceptors (Lipinski definition) is 4. The lowest BCUT2D eigenvalue weighted by Crippen LogP contribution is -2.40. The van der Waals surface area contributed by atoms with Crippen LogP contribution in [0.15, 0.2) is 42.5 Å². The van der Waals surface area contributed by atoms with Gasteiger partial charge in [-0.15, -0.1) is 0 Å². The molecule has 162 valence electrons. The molecule has 0 radical (unpaired) electrons. The molecule has 1 aliphatic rings. The monoisotopic (exact) mass is 437 g/mol. The minimum atomic E-state index is -3.87. The summed E-state index contributed by atoms with van der Waals surface area (Å²) in [5, 5.41) is 2.69. The summed E-state index contributed by atoms with van der Waals surface area (Å²) in [6.45, 7) is 2.75. The highest BCUT2D eigenvalue weighted by Crippen LogP contribution is 2.20. The normalized spacial score (nSPS) is 14.6. The largest absolute Gasteiger partial charge is 0.350 e. The second-order valence-electron chi connectivity index (χ2n) is 7.45. The van der Waals surface area contributed by atoms with Crippen LogP contribution in [0.25, 0.3) is 0 Å². The van der Waals surface area contributed by atoms with E-state index in [1.807, 2.05) is 24.3 Å². The van der Waals surface area contributed by atoms with Crippen molar-refractivity contribution in [2.45, 2.75) is 25.9 Å². The van der Waals surface area contributed by atoms with Crippen LogP contribution in [-0.4, -0.2) is 45.1 Å². The Morgan fingerprint density at radius 2 is 1.77 bits per heavy atom. The first-order valence-corrected chi connectivity index (χ1v) is 11.6. The first kappa shape index (κ1) is 22.2. The van der Waals surface area contributed by atoms with Gasteiger partial charge in [0.2, 0.25) is 15.9 Å². The fourth-order valence-electron chi connectivity index (χ4n) is 3.46. The molecule has 0 bridgehead atoms. The fourth-order valence-corrected chi connectivity index (χ4v) is 4.31. The second-order valence-corrected chi connectivity index (χ2v) is 9.35. The zero-order chi connectivity index (χ0) is 21.7. The minimum absolute atomic E-state index is 0.112. The number of nitrogens with zero attached hydrogens (tertiary/aromatic N) is 2. The van der Waals surface area contributed by atoms with Crippen molar-refractivity contribution in [1.29, 1.82) is 0 Å². The number of nitrogens with one attached hydrogen (secondary N) is 1. The topological polar surface area (TPSA) is 69.7 Å². The summed E-state index contributed by atoms with van der Waals surface area (Å²) in [5.74, 6) is -2.82. The van der Waals surface area contributed by atoms with Gasteiger partial charge in [-0.05, 0) is 49.2 Å². The molecule has 0 aliphatic carbocycles. The Kier molecular flexibility index (Phi) is 7.04. The van der Waals surface area contributed by atoms with E-state index >= 15 is 0 Å². The molecule has 1 fully saturated rings. The number of amides is 1. The van der Waals surface area contributed by atoms with Gasteiger partial charge >= 0.3 is 0 Å². The highest BCUT2D eigenvalue weighted by molar-refractivity contribution is 7.92. The van der Waals surface area contributed by atoms with E-state index in [2.05, 4.69) is 10.2 Å². The molecule has 3 rings (SSSR count). The van der Waals surface area contributed by atoms with E-state index in [1.165, 1.54) is 12.8 Å². The van der Waals surface area contributed by atoms with Crippen molar-refractivity contribution in [3.05, 3.63) is 65.2 Å². The van der Waals surface area contributed by atoms with Crippen LogP contribution in [0.2, 0.25) is 0 Å². The number of anilines is 1. The molecule has 0 atom stereocenters. The SMILES string of the molecule is CS(=O)(=O)N(CC(=O)NCc1cccc(CN2CCCC2)c1)c1ccc(F)c(F)c1. The Bertz CT molecular complexity index is 1010. The minimum Gasteiger partial charge on any atom is -0.350 e. The second kappa shape index (κ2) is 9.53. The summed E-state index contributed by atoms with van der Waals surface area (Å²) in [7, 11) is -3.87. The first-order chi connectivity index (χ1) is 14.2. The van der Waals surface area contributed by atoms with Crippen LogP contribution in [0.5, 0.6) is 0 Å². The standard InChI is InChI=1S/C21H25F2N3O3S/c1-30(28,29)26(18-7-8-19(22)20(23)12-18)15-21(27)24-13-16-5-4-6-17(11-16)14-25-9-2-3-10-25/h4-8,11-12H,2-3,9-10,13-15H2,1H3,(H,24,27). The highest BCUT2D eigenvalue weighted by atomic mass is 32.2. The van der Waals surface area contributed by atoms with Gasteiger partial charge in [-0.2, -0.15) is 0 Å². The van der Waals surface area contributed by atoms with Crippen LogP contribution >= 0.6 is 0 Å². The quantitative estimate of drug-likeness (QED) is 0.689. The van der Waals surface area contributed by atoms with Gasteiger partial charge in [-0.1, -0.05) is 24.3 Å². The lowest BCUT2D eigenvalue weighted by atomic mass is 10.1. The first-order valence-electron chi connectivity index (χ1n) is 9.72. The smallest absolute Gasteiger partial charge is 0.241 e. The van der Waals surface area contributed by atoms with Crippen molar-refractivity contribution in [1.82, 2.24) is 10.2 Å². The van der Waals surface area contributed by atoms with E-state index in [1.54, 1.807) is 0 Å². The molecule has 0 saturated carbocycles. The van der Waals surface area contributed by atoms with E-state index in [-0.39, 0.29) is 12.2 Å². The number of carbonyl (C=O) groups excluding carboxylic acids is 1. The lowest BCUT2D eigenvalue weighted by molar-refractivity contribution is -0.119. The highest BCUT2D eigenvalue weighted by Gasteiger charge is 2.22. The predicted octanol–water partition coefficient (Wildman–Crippen LogP) is 2.64. The summed E-state index contributed by atoms with van der Waals surface area (Å²) >= 11 is 0. The Balaban J connectivity index is 1.62. The van der Waals surface area contributed by atoms with Crippen LogP contribution in [0.3, 0.4) is 0 Å². The average Bonchev–Trinajstić information content (AvgIpc) is 3.19. The number of hydrogen-bond donors (Lipinski definition) is 1. The maximum Gasteiger partial charge on any atom is 0.241 e. The van der Waals surface area contributed by atoms with E-state index in [4.69, 9.17) is 0 Å². The van der Waals surface area contributed by atoms with Crippen LogP contribution in [-0.2, 0) is 27.9 Å². The Labute approximate surface area is 175 Å². The van der Waals surface area contributed by atoms with E-state index in [0.717, 1.165) is 59.5 Å². The molecule has 0 unspecified atom stereocenters. The zero-order valence-electron chi connectivity index (χ0n) is 16.8. The molecular formula is C21H25F2N3O3S. The number of sulfonamides is 1. The number of likely N-dealkylation sites (tertiary alicyclic amines) is 1. The molecule has 1 saturated heterocycles. The van der Waals surface area contributed by atoms with Crippen molar-refractivity contribution < 1.29 is 22.0 Å². The third kappa shape index (κ3) is 5.99. The fraction of sp³-hybridized carbons (Fsp3) is 0.381. The maximum atomic E-state index is 13.5. The summed E-state index contributed by atoms with van der Waals surface area (Å²) in [6.07, 6.45) is 3.33. The molecule has 1 N–H and O–H groups in total. The molecular weight excluding hydrogens is 412 g/mol. The average molecular weight is 438 g/mol. The van der Waals surface area contributed by atoms with Gasteiger partial charge in [0.25, 0.3) is 0 Å². The van der Waals surface area contributed by atoms with Crippen molar-refractivity contribution in [3.8, 4) is 0 Å². The number of halogens is 2. The molecule has 30 heavy (non-hydrogen) atoms. The van der Waals surface area contributed by atoms with Gasteiger partial charge in [0.1, 0.15) is 6.54 Å². The Morgan fingerprint density at radius 1 is 1.07 bits per heavy atom. The summed E-state index contributed by atoms with van der Waals surface area (Å²) < 4.78 is 51.6. The van der Waals surface area contributed by atoms with Crippen molar-refractivity contribution in [2.24, 2.45) is 0 Å². The Morgan fingerprint density at radius 3 is 2.43 bits per heavy atom. The Hall–Kier alpha value is -2.52. The van der Waals surface area contributed by atoms with E-state index in [9.17, 15) is 22.0 Å². The van der Waals surface area contributed by atoms with Gasteiger partial charge in [-0.3, -0.25) is 14.0 Å². The van der Waals surface area contributed by atoms with Gasteiger partial charge in [0, 0.05) is 19.2 Å². The molecule has 0 aromatic heterocycles. The molecule has 1 amide bonds. The van der Waals surface area contributed by atoms with Gasteiger partial charge in [0.15, 0.2) is 11.6 Å². The van der Waals surface area contributed by atoms with Crippen molar-refractivity contribution in [2.75, 3.05) is 30.2 Å². The van der Waals surface area contributed by atoms with Crippen molar-refractivity contribution >= 4 is 21.6 Å². The molecule has 2 aromatic rings. The summed E-state index contributed by atoms with van der Waals surface area (Å²) in [6, 6.07) is 10.6. The molecule has 0 spiro atoms. The van der Waals surface area contributed by atoms with E-state index < -0.39 is 34.1 Å². The summed E-state index contributed by atoms with van der Waals surface area (Å²) in [4.78, 5) is 14.7. The van der Waals surface area contributed by atoms with E-state index in [0.29, 0.717) is 0 Å². The van der Waals surface area contributed by atoms with Gasteiger partial charge < -0.3 is 5.32 Å². The molecule has 6 nitrogen and oxygen atoms in total. The number of carbonyl (C=O) groups is 1. The maximum absolute atomic E-state index is 13.5. The molecule has 1 aliphatic heterocycles. The van der Waals surface area contributed by atoms with Crippen molar-refractivity contribution in [3.63, 3.8) is 0 Å². The molecule has 1 heterocycles. The summed E-state index contributed by atoms with van der Waals surface area (Å²) in [5.41, 5.74) is 1.95. The number of benzene rings is 2. The van der Waals surface area contributed by atoms with Crippen LogP contribution < -0.4 is 9.62 Å². The predicted molar refractivity (Wildman–Crippen MR) is 111 cm³/mol.